The van der Waals surface area contributed by atoms with Gasteiger partial charge in [0.15, 0.2) is 24.8 Å². The van der Waals surface area contributed by atoms with Crippen molar-refractivity contribution in [1.29, 1.82) is 0 Å². The summed E-state index contributed by atoms with van der Waals surface area (Å²) in [6, 6.07) is 46.2. The Balaban J connectivity index is 0.808. The topological polar surface area (TPSA) is 60.4 Å². The van der Waals surface area contributed by atoms with Gasteiger partial charge in [0.25, 0.3) is 0 Å². The number of pyridine rings is 2. The van der Waals surface area contributed by atoms with Crippen LogP contribution in [0.2, 0.25) is 0 Å². The van der Waals surface area contributed by atoms with Crippen LogP contribution in [0.25, 0.3) is 23.3 Å². The van der Waals surface area contributed by atoms with E-state index in [1.807, 2.05) is 109 Å². The molecule has 0 aliphatic carbocycles. The average Bonchev–Trinajstić information content (AvgIpc) is 3.27. The van der Waals surface area contributed by atoms with E-state index in [4.69, 9.17) is 9.47 Å². The van der Waals surface area contributed by atoms with Crippen LogP contribution in [-0.2, 0) is 27.4 Å². The van der Waals surface area contributed by atoms with Crippen molar-refractivity contribution in [2.45, 2.75) is 70.4 Å². The first kappa shape index (κ1) is 40.5. The quantitative estimate of drug-likeness (QED) is 0.0317. The Kier molecular flexibility index (Phi) is 15.9. The zero-order valence-electron chi connectivity index (χ0n) is 32.8. The highest BCUT2D eigenvalue weighted by Gasteiger charge is 2.24. The lowest BCUT2D eigenvalue weighted by molar-refractivity contribution is -0.697. The number of carbonyl (C=O) groups excluding carboxylic acids is 2. The lowest BCUT2D eigenvalue weighted by Gasteiger charge is -2.17. The number of hydrogen-bond donors (Lipinski definition) is 0. The van der Waals surface area contributed by atoms with Gasteiger partial charge in [0, 0.05) is 37.1 Å². The molecule has 4 aromatic carbocycles. The molecule has 0 amide bonds. The van der Waals surface area contributed by atoms with E-state index < -0.39 is 5.92 Å². The summed E-state index contributed by atoms with van der Waals surface area (Å²) in [5.41, 5.74) is 7.08. The molecule has 6 aromatic rings. The Hall–Kier alpha value is -6.14. The number of benzene rings is 4. The van der Waals surface area contributed by atoms with Gasteiger partial charge in [-0.25, -0.2) is 13.9 Å². The molecule has 0 fully saturated rings. The van der Waals surface area contributed by atoms with Gasteiger partial charge in [-0.3, -0.25) is 4.79 Å². The van der Waals surface area contributed by atoms with Crippen molar-refractivity contribution in [3.63, 3.8) is 0 Å². The van der Waals surface area contributed by atoms with E-state index in [1.165, 1.54) is 11.1 Å². The van der Waals surface area contributed by atoms with E-state index in [0.29, 0.717) is 18.8 Å². The Bertz CT molecular complexity index is 2060. The van der Waals surface area contributed by atoms with E-state index in [2.05, 4.69) is 76.4 Å². The molecule has 6 heteroatoms. The van der Waals surface area contributed by atoms with Gasteiger partial charge in [0.1, 0.15) is 19.0 Å². The fourth-order valence-corrected chi connectivity index (χ4v) is 6.84. The van der Waals surface area contributed by atoms with Gasteiger partial charge in [-0.1, -0.05) is 115 Å². The van der Waals surface area contributed by atoms with E-state index >= 15 is 0 Å². The fourth-order valence-electron chi connectivity index (χ4n) is 6.84. The lowest BCUT2D eigenvalue weighted by Crippen LogP contribution is -2.33. The van der Waals surface area contributed by atoms with Crippen LogP contribution in [-0.4, -0.2) is 25.2 Å². The Morgan fingerprint density at radius 2 is 0.877 bits per heavy atom. The molecule has 0 N–H and O–H groups in total. The summed E-state index contributed by atoms with van der Waals surface area (Å²) in [5.74, 6) is -0.855. The molecule has 0 saturated carbocycles. The Morgan fingerprint density at radius 1 is 0.456 bits per heavy atom. The molecule has 290 valence electrons. The largest absolute Gasteiger partial charge is 0.465 e. The second-order valence-corrected chi connectivity index (χ2v) is 14.4. The van der Waals surface area contributed by atoms with Crippen LogP contribution < -0.4 is 9.13 Å². The predicted octanol–water partition coefficient (Wildman–Crippen LogP) is 10.5. The molecule has 0 atom stereocenters. The van der Waals surface area contributed by atoms with Gasteiger partial charge in [-0.2, -0.15) is 0 Å². The normalized spacial score (nSPS) is 11.2. The highest BCUT2D eigenvalue weighted by Crippen LogP contribution is 2.26. The number of rotatable bonds is 21. The minimum absolute atomic E-state index is 0.188. The van der Waals surface area contributed by atoms with Crippen LogP contribution in [0.15, 0.2) is 164 Å². The molecule has 2 heterocycles. The Labute approximate surface area is 338 Å². The zero-order chi connectivity index (χ0) is 39.3. The van der Waals surface area contributed by atoms with E-state index in [-0.39, 0.29) is 11.9 Å². The van der Waals surface area contributed by atoms with Crippen molar-refractivity contribution in [3.05, 3.63) is 192 Å². The monoisotopic (exact) mass is 758 g/mol. The third-order valence-corrected chi connectivity index (χ3v) is 10.1. The third-order valence-electron chi connectivity index (χ3n) is 10.1. The van der Waals surface area contributed by atoms with Gasteiger partial charge in [0.05, 0.1) is 18.8 Å². The maximum atomic E-state index is 13.1. The molecule has 2 aromatic heterocycles. The first-order valence-electron chi connectivity index (χ1n) is 20.4. The predicted molar refractivity (Wildman–Crippen MR) is 227 cm³/mol. The highest BCUT2D eigenvalue weighted by atomic mass is 16.5. The minimum atomic E-state index is -0.401. The number of unbranched alkanes of at least 4 members (excludes halogenated alkanes) is 6. The molecule has 0 bridgehead atoms. The number of aryl methyl sites for hydroxylation is 2. The smallest absolute Gasteiger partial charge is 0.338 e. The molecule has 6 nitrogen and oxygen atoms in total. The molecule has 0 unspecified atom stereocenters. The SMILES string of the molecule is O=C(OCCCCCC[n+]1ccc(-c2cc[n+](CCCCCCOC(=O)C(c3ccccc3)c3ccccc3)cc2)cc1)c1ccc(/C=C/c2ccccc2)cc1. The first-order chi connectivity index (χ1) is 28.1. The average molecular weight is 759 g/mol. The van der Waals surface area contributed by atoms with Gasteiger partial charge in [0.2, 0.25) is 0 Å². The van der Waals surface area contributed by atoms with Crippen LogP contribution in [0.3, 0.4) is 0 Å². The second kappa shape index (κ2) is 22.4. The van der Waals surface area contributed by atoms with Gasteiger partial charge in [-0.05, 0) is 84.0 Å². The number of nitrogens with zero attached hydrogens (tertiary/aromatic N) is 2. The summed E-state index contributed by atoms with van der Waals surface area (Å²) in [5, 5.41) is 0. The molecule has 57 heavy (non-hydrogen) atoms. The van der Waals surface area contributed by atoms with Crippen molar-refractivity contribution in [3.8, 4) is 11.1 Å². The van der Waals surface area contributed by atoms with Crippen LogP contribution >= 0.6 is 0 Å². The molecule has 0 aliphatic rings. The summed E-state index contributed by atoms with van der Waals surface area (Å²) in [7, 11) is 0. The lowest BCUT2D eigenvalue weighted by atomic mass is 9.91. The molecule has 0 aliphatic heterocycles. The number of carbonyl (C=O) groups is 2. The number of esters is 2. The molecular formula is C51H54N2O4+2. The van der Waals surface area contributed by atoms with Crippen molar-refractivity contribution in [2.75, 3.05) is 13.2 Å². The third kappa shape index (κ3) is 13.2. The number of aromatic nitrogens is 2. The maximum absolute atomic E-state index is 13.1. The Morgan fingerprint density at radius 3 is 1.37 bits per heavy atom. The van der Waals surface area contributed by atoms with Crippen LogP contribution in [0, 0.1) is 0 Å². The van der Waals surface area contributed by atoms with Crippen molar-refractivity contribution < 1.29 is 28.2 Å². The molecule has 0 saturated heterocycles. The summed E-state index contributed by atoms with van der Waals surface area (Å²) in [6.45, 7) is 2.81. The first-order valence-corrected chi connectivity index (χ1v) is 20.4. The second-order valence-electron chi connectivity index (χ2n) is 14.4. The van der Waals surface area contributed by atoms with Crippen molar-refractivity contribution in [2.24, 2.45) is 0 Å². The van der Waals surface area contributed by atoms with Crippen molar-refractivity contribution >= 4 is 24.1 Å². The van der Waals surface area contributed by atoms with Gasteiger partial charge < -0.3 is 9.47 Å². The molecule has 0 radical (unpaired) electrons. The summed E-state index contributed by atoms with van der Waals surface area (Å²) < 4.78 is 15.7. The molecule has 0 spiro atoms. The van der Waals surface area contributed by atoms with Crippen LogP contribution in [0.1, 0.15) is 89.9 Å². The van der Waals surface area contributed by atoms with Gasteiger partial charge >= 0.3 is 11.9 Å². The van der Waals surface area contributed by atoms with Gasteiger partial charge in [-0.15, -0.1) is 0 Å². The van der Waals surface area contributed by atoms with Crippen LogP contribution in [0.4, 0.5) is 0 Å². The molecular weight excluding hydrogens is 705 g/mol. The highest BCUT2D eigenvalue weighted by molar-refractivity contribution is 5.89. The maximum Gasteiger partial charge on any atom is 0.338 e. The van der Waals surface area contributed by atoms with E-state index in [9.17, 15) is 9.59 Å². The fraction of sp³-hybridized carbons (Fsp3) is 0.255. The standard InChI is InChI=1S/C51H54N2O4/c54-50(48-28-26-43(27-29-48)25-24-42-18-8-5-9-19-42)56-40-16-3-1-14-34-52-36-30-44(31-37-52)45-32-38-53(39-33-45)35-15-2-4-17-41-57-51(55)49(46-20-10-6-11-21-46)47-22-12-7-13-23-47/h5-13,18-33,36-39,49H,1-4,14-17,34-35,40-41H2/q+2/b25-24+. The van der Waals surface area contributed by atoms with Crippen LogP contribution in [0.5, 0.6) is 0 Å². The summed E-state index contributed by atoms with van der Waals surface area (Å²) >= 11 is 0. The van der Waals surface area contributed by atoms with Crippen molar-refractivity contribution in [1.82, 2.24) is 0 Å². The summed E-state index contributed by atoms with van der Waals surface area (Å²) in [6.07, 6.45) is 20.8. The number of hydrogen-bond acceptors (Lipinski definition) is 4. The zero-order valence-corrected chi connectivity index (χ0v) is 32.8. The van der Waals surface area contributed by atoms with E-state index in [1.54, 1.807) is 0 Å². The summed E-state index contributed by atoms with van der Waals surface area (Å²) in [4.78, 5) is 25.6. The number of ether oxygens (including phenoxy) is 2. The minimum Gasteiger partial charge on any atom is -0.465 e. The molecule has 6 rings (SSSR count). The van der Waals surface area contributed by atoms with E-state index in [0.717, 1.165) is 86.7 Å².